The van der Waals surface area contributed by atoms with Gasteiger partial charge in [-0.1, -0.05) is 19.3 Å². The third-order valence-electron chi connectivity index (χ3n) is 4.03. The number of fused-ring (bicyclic) bond motifs is 1. The fourth-order valence-corrected chi connectivity index (χ4v) is 2.88. The lowest BCUT2D eigenvalue weighted by atomic mass is 9.90. The molecule has 1 aromatic heterocycles. The minimum atomic E-state index is 0.646. The van der Waals surface area contributed by atoms with Crippen LogP contribution in [0.1, 0.15) is 37.7 Å². The van der Waals surface area contributed by atoms with E-state index in [1.54, 1.807) is 12.3 Å². The highest BCUT2D eigenvalue weighted by Crippen LogP contribution is 2.28. The van der Waals surface area contributed by atoms with Crippen LogP contribution in [0, 0.1) is 17.2 Å². The van der Waals surface area contributed by atoms with Gasteiger partial charge in [0.2, 0.25) is 0 Å². The highest BCUT2D eigenvalue weighted by atomic mass is 16.5. The van der Waals surface area contributed by atoms with Gasteiger partial charge in [0.25, 0.3) is 0 Å². The maximum absolute atomic E-state index is 9.01. The first-order valence-corrected chi connectivity index (χ1v) is 7.28. The van der Waals surface area contributed by atoms with E-state index in [0.717, 1.165) is 23.3 Å². The summed E-state index contributed by atoms with van der Waals surface area (Å²) < 4.78 is 6.01. The van der Waals surface area contributed by atoms with Crippen LogP contribution in [0.2, 0.25) is 0 Å². The van der Waals surface area contributed by atoms with Gasteiger partial charge >= 0.3 is 0 Å². The molecule has 1 saturated carbocycles. The fraction of sp³-hybridized carbons (Fsp3) is 0.412. The summed E-state index contributed by atoms with van der Waals surface area (Å²) >= 11 is 0. The molecular formula is C17H18N2O. The van der Waals surface area contributed by atoms with Crippen LogP contribution in [0.5, 0.6) is 5.75 Å². The third kappa shape index (κ3) is 2.75. The second kappa shape index (κ2) is 5.92. The molecule has 0 unspecified atom stereocenters. The van der Waals surface area contributed by atoms with Crippen molar-refractivity contribution in [2.45, 2.75) is 32.1 Å². The predicted molar refractivity (Wildman–Crippen MR) is 78.5 cm³/mol. The molecule has 1 aliphatic carbocycles. The summed E-state index contributed by atoms with van der Waals surface area (Å²) in [5.74, 6) is 1.52. The smallest absolute Gasteiger partial charge is 0.130 e. The minimum Gasteiger partial charge on any atom is -0.493 e. The van der Waals surface area contributed by atoms with Crippen molar-refractivity contribution in [1.82, 2.24) is 4.98 Å². The normalized spacial score (nSPS) is 15.9. The number of pyridine rings is 1. The van der Waals surface area contributed by atoms with Gasteiger partial charge in [0.15, 0.2) is 0 Å². The lowest BCUT2D eigenvalue weighted by Gasteiger charge is -2.22. The summed E-state index contributed by atoms with van der Waals surface area (Å²) in [5.41, 5.74) is 1.53. The van der Waals surface area contributed by atoms with Crippen LogP contribution in [0.15, 0.2) is 30.5 Å². The number of hydrogen-bond donors (Lipinski definition) is 0. The summed E-state index contributed by atoms with van der Waals surface area (Å²) in [4.78, 5) is 4.32. The zero-order valence-corrected chi connectivity index (χ0v) is 11.5. The molecule has 20 heavy (non-hydrogen) atoms. The van der Waals surface area contributed by atoms with Gasteiger partial charge in [-0.25, -0.2) is 0 Å². The standard InChI is InChI=1S/C17H18N2O/c18-11-14-6-7-16-15(10-14)17(8-9-19-16)20-12-13-4-2-1-3-5-13/h6-10,13H,1-5,12H2. The Morgan fingerprint density at radius 1 is 1.20 bits per heavy atom. The Balaban J connectivity index is 1.81. The van der Waals surface area contributed by atoms with Crippen LogP contribution in [0.4, 0.5) is 0 Å². The molecule has 1 aliphatic rings. The van der Waals surface area contributed by atoms with Crippen LogP contribution in [0.25, 0.3) is 10.9 Å². The lowest BCUT2D eigenvalue weighted by Crippen LogP contribution is -2.15. The molecule has 3 nitrogen and oxygen atoms in total. The highest BCUT2D eigenvalue weighted by molar-refractivity contribution is 5.86. The van der Waals surface area contributed by atoms with Gasteiger partial charge in [-0.15, -0.1) is 0 Å². The van der Waals surface area contributed by atoms with E-state index in [4.69, 9.17) is 10.00 Å². The van der Waals surface area contributed by atoms with Gasteiger partial charge < -0.3 is 4.74 Å². The summed E-state index contributed by atoms with van der Waals surface area (Å²) in [6, 6.07) is 9.59. The average molecular weight is 266 g/mol. The molecule has 0 radical (unpaired) electrons. The molecule has 0 amide bonds. The molecule has 0 atom stereocenters. The monoisotopic (exact) mass is 266 g/mol. The quantitative estimate of drug-likeness (QED) is 0.841. The number of rotatable bonds is 3. The van der Waals surface area contributed by atoms with Gasteiger partial charge in [-0.3, -0.25) is 4.98 Å². The topological polar surface area (TPSA) is 45.9 Å². The van der Waals surface area contributed by atoms with E-state index in [2.05, 4.69) is 11.1 Å². The van der Waals surface area contributed by atoms with Crippen molar-refractivity contribution >= 4 is 10.9 Å². The first kappa shape index (κ1) is 12.9. The molecule has 1 fully saturated rings. The summed E-state index contributed by atoms with van der Waals surface area (Å²) in [7, 11) is 0. The number of benzene rings is 1. The Bertz CT molecular complexity index is 639. The van der Waals surface area contributed by atoms with Crippen molar-refractivity contribution in [1.29, 1.82) is 5.26 Å². The van der Waals surface area contributed by atoms with Crippen LogP contribution in [-0.4, -0.2) is 11.6 Å². The zero-order chi connectivity index (χ0) is 13.8. The molecule has 3 heteroatoms. The molecule has 102 valence electrons. The molecule has 2 aromatic rings. The average Bonchev–Trinajstić information content (AvgIpc) is 2.53. The second-order valence-electron chi connectivity index (χ2n) is 5.47. The summed E-state index contributed by atoms with van der Waals surface area (Å²) in [6.45, 7) is 0.774. The Kier molecular flexibility index (Phi) is 3.83. The molecule has 3 rings (SSSR count). The molecular weight excluding hydrogens is 248 g/mol. The van der Waals surface area contributed by atoms with Gasteiger partial charge in [-0.05, 0) is 43.0 Å². The maximum atomic E-state index is 9.01. The summed E-state index contributed by atoms with van der Waals surface area (Å²) in [6.07, 6.45) is 8.32. The van der Waals surface area contributed by atoms with Crippen molar-refractivity contribution in [3.8, 4) is 11.8 Å². The Hall–Kier alpha value is -2.08. The number of nitriles is 1. The molecule has 0 saturated heterocycles. The Morgan fingerprint density at radius 2 is 2.05 bits per heavy atom. The van der Waals surface area contributed by atoms with E-state index < -0.39 is 0 Å². The van der Waals surface area contributed by atoms with Crippen molar-refractivity contribution in [3.05, 3.63) is 36.0 Å². The molecule has 0 bridgehead atoms. The molecule has 0 spiro atoms. The number of hydrogen-bond acceptors (Lipinski definition) is 3. The zero-order valence-electron chi connectivity index (χ0n) is 11.5. The minimum absolute atomic E-state index is 0.646. The fourth-order valence-electron chi connectivity index (χ4n) is 2.88. The molecule has 0 aliphatic heterocycles. The van der Waals surface area contributed by atoms with Crippen molar-refractivity contribution in [2.75, 3.05) is 6.61 Å². The van der Waals surface area contributed by atoms with E-state index in [9.17, 15) is 0 Å². The van der Waals surface area contributed by atoms with E-state index in [1.165, 1.54) is 32.1 Å². The number of aromatic nitrogens is 1. The Labute approximate surface area is 119 Å². The van der Waals surface area contributed by atoms with Crippen molar-refractivity contribution in [2.24, 2.45) is 5.92 Å². The maximum Gasteiger partial charge on any atom is 0.130 e. The molecule has 1 heterocycles. The van der Waals surface area contributed by atoms with E-state index >= 15 is 0 Å². The second-order valence-corrected chi connectivity index (χ2v) is 5.47. The molecule has 1 aromatic carbocycles. The first-order valence-electron chi connectivity index (χ1n) is 7.28. The highest BCUT2D eigenvalue weighted by Gasteiger charge is 2.14. The van der Waals surface area contributed by atoms with Gasteiger partial charge in [0, 0.05) is 11.6 Å². The van der Waals surface area contributed by atoms with E-state index in [1.807, 2.05) is 18.2 Å². The van der Waals surface area contributed by atoms with Crippen molar-refractivity contribution in [3.63, 3.8) is 0 Å². The SMILES string of the molecule is N#Cc1ccc2nccc(OCC3CCCCC3)c2c1. The van der Waals surface area contributed by atoms with Crippen LogP contribution >= 0.6 is 0 Å². The van der Waals surface area contributed by atoms with E-state index in [0.29, 0.717) is 11.5 Å². The van der Waals surface area contributed by atoms with Gasteiger partial charge in [0.05, 0.1) is 23.8 Å². The largest absolute Gasteiger partial charge is 0.493 e. The van der Waals surface area contributed by atoms with Crippen LogP contribution in [0.3, 0.4) is 0 Å². The van der Waals surface area contributed by atoms with Crippen LogP contribution in [-0.2, 0) is 0 Å². The van der Waals surface area contributed by atoms with E-state index in [-0.39, 0.29) is 0 Å². The number of nitrogens with zero attached hydrogens (tertiary/aromatic N) is 2. The third-order valence-corrected chi connectivity index (χ3v) is 4.03. The van der Waals surface area contributed by atoms with Crippen molar-refractivity contribution < 1.29 is 4.74 Å². The van der Waals surface area contributed by atoms with Gasteiger partial charge in [-0.2, -0.15) is 5.26 Å². The summed E-state index contributed by atoms with van der Waals surface area (Å²) in [5, 5.41) is 9.94. The Morgan fingerprint density at radius 3 is 2.85 bits per heavy atom. The molecule has 0 N–H and O–H groups in total. The lowest BCUT2D eigenvalue weighted by molar-refractivity contribution is 0.210. The number of ether oxygens (including phenoxy) is 1. The van der Waals surface area contributed by atoms with Gasteiger partial charge in [0.1, 0.15) is 5.75 Å². The van der Waals surface area contributed by atoms with Crippen LogP contribution < -0.4 is 4.74 Å². The predicted octanol–water partition coefficient (Wildman–Crippen LogP) is 4.07. The first-order chi connectivity index (χ1) is 9.86.